The number of hydrogen-bond donors (Lipinski definition) is 0. The van der Waals surface area contributed by atoms with E-state index in [-0.39, 0.29) is 0 Å². The Balaban J connectivity index is 2.02. The van der Waals surface area contributed by atoms with Crippen LogP contribution in [-0.4, -0.2) is 10.2 Å². The Morgan fingerprint density at radius 1 is 0.947 bits per heavy atom. The average Bonchev–Trinajstić information content (AvgIpc) is 2.38. The van der Waals surface area contributed by atoms with Crippen LogP contribution in [0.3, 0.4) is 0 Å². The van der Waals surface area contributed by atoms with Crippen LogP contribution < -0.4 is 0 Å². The fraction of sp³-hybridized carbons (Fsp3) is 0.412. The summed E-state index contributed by atoms with van der Waals surface area (Å²) in [4.78, 5) is 0. The standard InChI is InChI=1S/C17H22N2/c1-12(2)17-10-9-16(18-19-17)8-7-15-6-5-13(3)11-14(15)4/h5-6,9-12H,7-8H2,1-4H3. The third kappa shape index (κ3) is 3.63. The van der Waals surface area contributed by atoms with E-state index in [1.54, 1.807) is 0 Å². The van der Waals surface area contributed by atoms with Crippen LogP contribution in [0.15, 0.2) is 30.3 Å². The summed E-state index contributed by atoms with van der Waals surface area (Å²) < 4.78 is 0. The molecule has 19 heavy (non-hydrogen) atoms. The van der Waals surface area contributed by atoms with Gasteiger partial charge in [0, 0.05) is 0 Å². The van der Waals surface area contributed by atoms with Crippen molar-refractivity contribution in [3.63, 3.8) is 0 Å². The van der Waals surface area contributed by atoms with E-state index in [1.165, 1.54) is 16.7 Å². The molecule has 0 N–H and O–H groups in total. The lowest BCUT2D eigenvalue weighted by Crippen LogP contribution is -2.01. The molecule has 0 aliphatic heterocycles. The number of hydrogen-bond acceptors (Lipinski definition) is 2. The van der Waals surface area contributed by atoms with Gasteiger partial charge in [0.05, 0.1) is 11.4 Å². The monoisotopic (exact) mass is 254 g/mol. The van der Waals surface area contributed by atoms with Crippen molar-refractivity contribution in [3.05, 3.63) is 58.4 Å². The van der Waals surface area contributed by atoms with Gasteiger partial charge >= 0.3 is 0 Å². The highest BCUT2D eigenvalue weighted by molar-refractivity contribution is 5.30. The van der Waals surface area contributed by atoms with Gasteiger partial charge in [-0.05, 0) is 55.9 Å². The highest BCUT2D eigenvalue weighted by Crippen LogP contribution is 2.14. The van der Waals surface area contributed by atoms with Gasteiger partial charge in [0.2, 0.25) is 0 Å². The van der Waals surface area contributed by atoms with Crippen LogP contribution in [0.5, 0.6) is 0 Å². The summed E-state index contributed by atoms with van der Waals surface area (Å²) in [5.74, 6) is 0.445. The second-order valence-corrected chi connectivity index (χ2v) is 5.53. The van der Waals surface area contributed by atoms with Gasteiger partial charge < -0.3 is 0 Å². The average molecular weight is 254 g/mol. The molecule has 0 aliphatic carbocycles. The van der Waals surface area contributed by atoms with Gasteiger partial charge in [0.25, 0.3) is 0 Å². The minimum atomic E-state index is 0.445. The molecule has 0 saturated carbocycles. The smallest absolute Gasteiger partial charge is 0.0656 e. The van der Waals surface area contributed by atoms with Crippen molar-refractivity contribution in [3.8, 4) is 0 Å². The molecule has 0 fully saturated rings. The van der Waals surface area contributed by atoms with Gasteiger partial charge in [-0.25, -0.2) is 0 Å². The van der Waals surface area contributed by atoms with Gasteiger partial charge in [0.15, 0.2) is 0 Å². The van der Waals surface area contributed by atoms with Gasteiger partial charge in [-0.3, -0.25) is 0 Å². The lowest BCUT2D eigenvalue weighted by molar-refractivity contribution is 0.759. The predicted molar refractivity (Wildman–Crippen MR) is 79.4 cm³/mol. The molecule has 1 heterocycles. The summed E-state index contributed by atoms with van der Waals surface area (Å²) in [7, 11) is 0. The quantitative estimate of drug-likeness (QED) is 0.824. The number of benzene rings is 1. The molecule has 0 bridgehead atoms. The number of rotatable bonds is 4. The van der Waals surface area contributed by atoms with E-state index in [0.29, 0.717) is 5.92 Å². The van der Waals surface area contributed by atoms with E-state index >= 15 is 0 Å². The zero-order valence-corrected chi connectivity index (χ0v) is 12.3. The number of aryl methyl sites for hydroxylation is 4. The molecule has 1 aromatic heterocycles. The molecular weight excluding hydrogens is 232 g/mol. The maximum atomic E-state index is 4.31. The van der Waals surface area contributed by atoms with Gasteiger partial charge in [-0.1, -0.05) is 37.6 Å². The van der Waals surface area contributed by atoms with Crippen LogP contribution in [0.1, 0.15) is 47.8 Å². The summed E-state index contributed by atoms with van der Waals surface area (Å²) in [6.07, 6.45) is 1.98. The molecule has 0 aliphatic rings. The fourth-order valence-corrected chi connectivity index (χ4v) is 2.20. The van der Waals surface area contributed by atoms with E-state index in [0.717, 1.165) is 24.2 Å². The highest BCUT2D eigenvalue weighted by atomic mass is 15.1. The molecule has 2 rings (SSSR count). The lowest BCUT2D eigenvalue weighted by atomic mass is 10.0. The first-order valence-electron chi connectivity index (χ1n) is 6.95. The van der Waals surface area contributed by atoms with E-state index in [2.05, 4.69) is 68.2 Å². The molecule has 2 aromatic rings. The van der Waals surface area contributed by atoms with Crippen LogP contribution in [-0.2, 0) is 12.8 Å². The first-order valence-corrected chi connectivity index (χ1v) is 6.95. The van der Waals surface area contributed by atoms with Crippen molar-refractivity contribution >= 4 is 0 Å². The molecule has 0 amide bonds. The topological polar surface area (TPSA) is 25.8 Å². The third-order valence-corrected chi connectivity index (χ3v) is 3.48. The maximum Gasteiger partial charge on any atom is 0.0656 e. The number of nitrogens with zero attached hydrogens (tertiary/aromatic N) is 2. The highest BCUT2D eigenvalue weighted by Gasteiger charge is 2.04. The Morgan fingerprint density at radius 2 is 1.74 bits per heavy atom. The van der Waals surface area contributed by atoms with E-state index in [9.17, 15) is 0 Å². The summed E-state index contributed by atoms with van der Waals surface area (Å²) in [6, 6.07) is 10.8. The number of aromatic nitrogens is 2. The zero-order chi connectivity index (χ0) is 13.8. The fourth-order valence-electron chi connectivity index (χ4n) is 2.20. The van der Waals surface area contributed by atoms with Crippen molar-refractivity contribution in [1.29, 1.82) is 0 Å². The van der Waals surface area contributed by atoms with Gasteiger partial charge in [-0.15, -0.1) is 0 Å². The summed E-state index contributed by atoms with van der Waals surface area (Å²) in [5, 5.41) is 8.59. The predicted octanol–water partition coefficient (Wildman–Crippen LogP) is 4.00. The van der Waals surface area contributed by atoms with E-state index < -0.39 is 0 Å². The van der Waals surface area contributed by atoms with Crippen molar-refractivity contribution in [1.82, 2.24) is 10.2 Å². The molecule has 0 atom stereocenters. The second kappa shape index (κ2) is 5.96. The van der Waals surface area contributed by atoms with Gasteiger partial charge in [0.1, 0.15) is 0 Å². The van der Waals surface area contributed by atoms with E-state index in [4.69, 9.17) is 0 Å². The molecule has 2 nitrogen and oxygen atoms in total. The molecule has 0 unspecified atom stereocenters. The summed E-state index contributed by atoms with van der Waals surface area (Å²) in [5.41, 5.74) is 6.23. The third-order valence-electron chi connectivity index (χ3n) is 3.48. The molecule has 1 aromatic carbocycles. The SMILES string of the molecule is Cc1ccc(CCc2ccc(C(C)C)nn2)c(C)c1. The lowest BCUT2D eigenvalue weighted by Gasteiger charge is -2.07. The van der Waals surface area contributed by atoms with Crippen LogP contribution >= 0.6 is 0 Å². The van der Waals surface area contributed by atoms with Crippen molar-refractivity contribution < 1.29 is 0 Å². The second-order valence-electron chi connectivity index (χ2n) is 5.53. The minimum Gasteiger partial charge on any atom is -0.155 e. The van der Waals surface area contributed by atoms with Crippen molar-refractivity contribution in [2.24, 2.45) is 0 Å². The summed E-state index contributed by atoms with van der Waals surface area (Å²) >= 11 is 0. The van der Waals surface area contributed by atoms with Crippen molar-refractivity contribution in [2.45, 2.75) is 46.5 Å². The molecule has 0 spiro atoms. The molecular formula is C17H22N2. The van der Waals surface area contributed by atoms with Crippen LogP contribution in [0.4, 0.5) is 0 Å². The van der Waals surface area contributed by atoms with Gasteiger partial charge in [-0.2, -0.15) is 10.2 Å². The molecule has 0 saturated heterocycles. The van der Waals surface area contributed by atoms with Crippen LogP contribution in [0.2, 0.25) is 0 Å². The minimum absolute atomic E-state index is 0.445. The summed E-state index contributed by atoms with van der Waals surface area (Å²) in [6.45, 7) is 8.58. The molecule has 0 radical (unpaired) electrons. The Labute approximate surface area is 115 Å². The first-order chi connectivity index (χ1) is 9.06. The zero-order valence-electron chi connectivity index (χ0n) is 12.3. The van der Waals surface area contributed by atoms with E-state index in [1.807, 2.05) is 0 Å². The largest absolute Gasteiger partial charge is 0.155 e. The Kier molecular flexibility index (Phi) is 4.31. The van der Waals surface area contributed by atoms with Crippen LogP contribution in [0, 0.1) is 13.8 Å². The Hall–Kier alpha value is -1.70. The Morgan fingerprint density at radius 3 is 2.32 bits per heavy atom. The maximum absolute atomic E-state index is 4.31. The van der Waals surface area contributed by atoms with Crippen LogP contribution in [0.25, 0.3) is 0 Å². The van der Waals surface area contributed by atoms with Crippen molar-refractivity contribution in [2.75, 3.05) is 0 Å². The molecule has 2 heteroatoms. The molecule has 100 valence electrons. The Bertz CT molecular complexity index is 542. The normalized spacial score (nSPS) is 11.0. The first kappa shape index (κ1) is 13.7.